The molecule has 0 aliphatic heterocycles. The lowest BCUT2D eigenvalue weighted by Gasteiger charge is -1.28. The molecule has 0 bridgehead atoms. The van der Waals surface area contributed by atoms with Gasteiger partial charge in [-0.15, -0.1) is 0 Å². The second kappa shape index (κ2) is 2.34. The molecular weight excluding hydrogens is 54.0 g/mol. The van der Waals surface area contributed by atoms with Crippen LogP contribution < -0.4 is 5.18 Å². The van der Waals surface area contributed by atoms with E-state index in [9.17, 15) is 0 Å². The van der Waals surface area contributed by atoms with E-state index in [1.54, 1.807) is 0 Å². The lowest BCUT2D eigenvalue weighted by molar-refractivity contribution is -0.397. The van der Waals surface area contributed by atoms with Crippen molar-refractivity contribution in [2.24, 2.45) is 0 Å². The average Bonchev–Trinajstić information content (AvgIpc) is 1.37. The van der Waals surface area contributed by atoms with Gasteiger partial charge in [-0.2, -0.15) is 0 Å². The van der Waals surface area contributed by atoms with Crippen LogP contribution in [-0.2, 0) is 0 Å². The normalized spacial score (nSPS) is 5.00. The molecule has 0 unspecified atom stereocenters. The number of nitrogens with one attached hydrogen (secondary N) is 1. The summed E-state index contributed by atoms with van der Waals surface area (Å²) in [5, 5.41) is 1.44. The Labute approximate surface area is 24.1 Å². The van der Waals surface area contributed by atoms with E-state index in [0.717, 1.165) is 6.20 Å². The highest BCUT2D eigenvalue weighted by Crippen LogP contribution is 1.09. The molecule has 0 amide bonds. The van der Waals surface area contributed by atoms with E-state index in [0.29, 0.717) is 0 Å². The first kappa shape index (κ1) is 3.34. The maximum Gasteiger partial charge on any atom is 0.211 e. The zero-order valence-corrected chi connectivity index (χ0v) is 2.19. The highest BCUT2D eigenvalue weighted by molar-refractivity contribution is 4.36. The Kier molecular flexibility index (Phi) is 1.95. The Bertz CT molecular complexity index is 27.0. The number of hydrogen-bond acceptors (Lipinski definition) is 1. The van der Waals surface area contributed by atoms with Crippen LogP contribution in [-0.4, -0.2) is 0 Å². The van der Waals surface area contributed by atoms with Crippen LogP contribution in [0.3, 0.4) is 0 Å². The molecule has 0 saturated carbocycles. The number of nitroso groups, excluding NO2 is 1. The summed E-state index contributed by atoms with van der Waals surface area (Å²) in [6.45, 7) is 3.06. The van der Waals surface area contributed by atoms with Crippen LogP contribution in [0.1, 0.15) is 0 Å². The SMILES string of the molecule is C=C[NH+]=O. The minimum absolute atomic E-state index is 1.07. The monoisotopic (exact) mass is 58.0 g/mol. The largest absolute Gasteiger partial charge is 0.211 e. The average molecular weight is 58.1 g/mol. The number of rotatable bonds is 1. The lowest BCUT2D eigenvalue weighted by atomic mass is 11.1. The smallest absolute Gasteiger partial charge is 0.0303 e. The highest BCUT2D eigenvalue weighted by atomic mass is 16.2. The third-order valence-corrected chi connectivity index (χ3v) is 0.0833. The molecule has 4 heavy (non-hydrogen) atoms. The van der Waals surface area contributed by atoms with Crippen LogP contribution in [0.4, 0.5) is 0 Å². The summed E-state index contributed by atoms with van der Waals surface area (Å²) >= 11 is 0. The van der Waals surface area contributed by atoms with Gasteiger partial charge in [0.25, 0.3) is 0 Å². The fraction of sp³-hybridized carbons (Fsp3) is 0. The Balaban J connectivity index is 2.73. The van der Waals surface area contributed by atoms with E-state index < -0.39 is 0 Å². The molecule has 1 N–H and O–H groups in total. The molecule has 0 atom stereocenters. The molecule has 2 heteroatoms. The summed E-state index contributed by atoms with van der Waals surface area (Å²) in [5.74, 6) is 0. The molecule has 0 aromatic rings. The topological polar surface area (TPSA) is 31.0 Å². The van der Waals surface area contributed by atoms with Crippen molar-refractivity contribution in [2.75, 3.05) is 0 Å². The molecule has 2 nitrogen and oxygen atoms in total. The summed E-state index contributed by atoms with van der Waals surface area (Å²) in [6.07, 6.45) is 1.07. The van der Waals surface area contributed by atoms with Gasteiger partial charge in [0.15, 0.2) is 0 Å². The Morgan fingerprint density at radius 1 is 2.00 bits per heavy atom. The van der Waals surface area contributed by atoms with Crippen LogP contribution in [0, 0.1) is 4.91 Å². The minimum atomic E-state index is 1.07. The molecule has 22 valence electrons. The van der Waals surface area contributed by atoms with Crippen molar-refractivity contribution in [3.63, 3.8) is 0 Å². The van der Waals surface area contributed by atoms with E-state index in [4.69, 9.17) is 4.91 Å². The van der Waals surface area contributed by atoms with Gasteiger partial charge >= 0.3 is 0 Å². The fourth-order valence-corrected chi connectivity index (χ4v) is 0. The third kappa shape index (κ3) is 1.34. The summed E-state index contributed by atoms with van der Waals surface area (Å²) in [6, 6.07) is 0. The van der Waals surface area contributed by atoms with Gasteiger partial charge in [-0.25, -0.2) is 0 Å². The zero-order valence-electron chi connectivity index (χ0n) is 2.19. The first-order valence-corrected chi connectivity index (χ1v) is 0.901. The summed E-state index contributed by atoms with van der Waals surface area (Å²) in [5.41, 5.74) is 0. The van der Waals surface area contributed by atoms with Gasteiger partial charge in [-0.05, 0) is 6.58 Å². The van der Waals surface area contributed by atoms with Crippen LogP contribution in [0.15, 0.2) is 12.8 Å². The lowest BCUT2D eigenvalue weighted by Crippen LogP contribution is -2.54. The first-order chi connectivity index (χ1) is 1.91. The van der Waals surface area contributed by atoms with Crippen LogP contribution in [0.2, 0.25) is 0 Å². The second-order valence-electron chi connectivity index (χ2n) is 0.322. The highest BCUT2D eigenvalue weighted by Gasteiger charge is 1.46. The van der Waals surface area contributed by atoms with Gasteiger partial charge in [0.1, 0.15) is 0 Å². The van der Waals surface area contributed by atoms with E-state index in [1.807, 2.05) is 0 Å². The maximum absolute atomic E-state index is 8.93. The summed E-state index contributed by atoms with van der Waals surface area (Å²) in [4.78, 5) is 8.93. The minimum Gasteiger partial charge on any atom is -0.0303 e. The van der Waals surface area contributed by atoms with Crippen molar-refractivity contribution < 1.29 is 5.18 Å². The van der Waals surface area contributed by atoms with Gasteiger partial charge < -0.3 is 0 Å². The predicted molar refractivity (Wildman–Crippen MR) is 14.5 cm³/mol. The molecule has 0 rings (SSSR count). The van der Waals surface area contributed by atoms with Gasteiger partial charge in [0.2, 0.25) is 6.20 Å². The van der Waals surface area contributed by atoms with E-state index >= 15 is 0 Å². The standard InChI is InChI=1S/C2H3NO/c1-2-3-4/h2H,1H2/p+1. The van der Waals surface area contributed by atoms with E-state index in [2.05, 4.69) is 6.58 Å². The first-order valence-electron chi connectivity index (χ1n) is 0.901. The molecule has 0 aromatic heterocycles. The second-order valence-corrected chi connectivity index (χ2v) is 0.322. The molecule has 0 saturated heterocycles. The van der Waals surface area contributed by atoms with E-state index in [1.165, 1.54) is 5.18 Å². The van der Waals surface area contributed by atoms with Crippen molar-refractivity contribution in [1.82, 2.24) is 0 Å². The van der Waals surface area contributed by atoms with Crippen LogP contribution >= 0.6 is 0 Å². The van der Waals surface area contributed by atoms with Crippen LogP contribution in [0.5, 0.6) is 0 Å². The Morgan fingerprint density at radius 3 is 2.25 bits per heavy atom. The van der Waals surface area contributed by atoms with Crippen molar-refractivity contribution >= 4 is 0 Å². The molecule has 0 aromatic carbocycles. The predicted octanol–water partition coefficient (Wildman–Crippen LogP) is -1.02. The number of hydrogen-bond donors (Lipinski definition) is 1. The van der Waals surface area contributed by atoms with Gasteiger partial charge in [-0.3, -0.25) is 0 Å². The molecule has 0 aliphatic rings. The molecule has 0 heterocycles. The fourth-order valence-electron chi connectivity index (χ4n) is 0. The van der Waals surface area contributed by atoms with Gasteiger partial charge in [0.05, 0.1) is 0 Å². The van der Waals surface area contributed by atoms with Gasteiger partial charge in [0, 0.05) is 10.1 Å². The third-order valence-electron chi connectivity index (χ3n) is 0.0833. The maximum atomic E-state index is 8.93. The van der Waals surface area contributed by atoms with Crippen molar-refractivity contribution in [3.8, 4) is 0 Å². The van der Waals surface area contributed by atoms with Crippen molar-refractivity contribution in [2.45, 2.75) is 0 Å². The molecule has 0 aliphatic carbocycles. The van der Waals surface area contributed by atoms with Crippen LogP contribution in [0.25, 0.3) is 0 Å². The zero-order chi connectivity index (χ0) is 3.41. The Hall–Kier alpha value is -0.660. The van der Waals surface area contributed by atoms with Crippen molar-refractivity contribution in [1.29, 1.82) is 0 Å². The quantitative estimate of drug-likeness (QED) is 0.411. The molecular formula is C2H4NO+. The Morgan fingerprint density at radius 2 is 2.25 bits per heavy atom. The molecule has 0 fully saturated rings. The van der Waals surface area contributed by atoms with Gasteiger partial charge in [-0.1, -0.05) is 0 Å². The summed E-state index contributed by atoms with van der Waals surface area (Å²) < 4.78 is 0. The summed E-state index contributed by atoms with van der Waals surface area (Å²) in [7, 11) is 0. The van der Waals surface area contributed by atoms with Crippen molar-refractivity contribution in [3.05, 3.63) is 17.7 Å². The van der Waals surface area contributed by atoms with E-state index in [-0.39, 0.29) is 0 Å². The molecule has 0 spiro atoms. The molecule has 0 radical (unpaired) electrons.